The quantitative estimate of drug-likeness (QED) is 0.896. The predicted molar refractivity (Wildman–Crippen MR) is 72.2 cm³/mol. The van der Waals surface area contributed by atoms with Crippen LogP contribution in [0.1, 0.15) is 35.5 Å². The standard InChI is InChI=1S/C14H20N4/c1-4-18-14(16-9-17-18)8-13(15)12-7-10(2)5-6-11(12)3/h5-7,9,13H,4,8,15H2,1-3H3. The molecule has 1 aromatic heterocycles. The zero-order valence-electron chi connectivity index (χ0n) is 11.2. The van der Waals surface area contributed by atoms with Crippen LogP contribution in [-0.2, 0) is 13.0 Å². The average Bonchev–Trinajstić information content (AvgIpc) is 2.79. The summed E-state index contributed by atoms with van der Waals surface area (Å²) in [6, 6.07) is 6.36. The molecule has 4 nitrogen and oxygen atoms in total. The summed E-state index contributed by atoms with van der Waals surface area (Å²) < 4.78 is 1.89. The van der Waals surface area contributed by atoms with Crippen LogP contribution in [0.4, 0.5) is 0 Å². The SMILES string of the molecule is CCn1ncnc1CC(N)c1cc(C)ccc1C. The van der Waals surface area contributed by atoms with Crippen molar-refractivity contribution in [1.82, 2.24) is 14.8 Å². The fourth-order valence-electron chi connectivity index (χ4n) is 2.18. The van der Waals surface area contributed by atoms with E-state index in [9.17, 15) is 0 Å². The van der Waals surface area contributed by atoms with Crippen molar-refractivity contribution in [2.75, 3.05) is 0 Å². The first-order valence-corrected chi connectivity index (χ1v) is 6.31. The first kappa shape index (κ1) is 12.8. The minimum Gasteiger partial charge on any atom is -0.324 e. The third kappa shape index (κ3) is 2.59. The smallest absolute Gasteiger partial charge is 0.138 e. The van der Waals surface area contributed by atoms with Gasteiger partial charge in [0.2, 0.25) is 0 Å². The number of benzene rings is 1. The zero-order valence-corrected chi connectivity index (χ0v) is 11.2. The molecular weight excluding hydrogens is 224 g/mol. The van der Waals surface area contributed by atoms with E-state index in [1.807, 2.05) is 4.68 Å². The highest BCUT2D eigenvalue weighted by molar-refractivity contribution is 5.33. The van der Waals surface area contributed by atoms with Crippen LogP contribution in [0.2, 0.25) is 0 Å². The van der Waals surface area contributed by atoms with E-state index in [-0.39, 0.29) is 6.04 Å². The molecule has 0 saturated heterocycles. The summed E-state index contributed by atoms with van der Waals surface area (Å²) in [7, 11) is 0. The maximum absolute atomic E-state index is 6.30. The van der Waals surface area contributed by atoms with Crippen molar-refractivity contribution < 1.29 is 0 Å². The van der Waals surface area contributed by atoms with E-state index in [4.69, 9.17) is 5.73 Å². The van der Waals surface area contributed by atoms with Crippen LogP contribution < -0.4 is 5.73 Å². The molecule has 0 radical (unpaired) electrons. The molecule has 0 spiro atoms. The van der Waals surface area contributed by atoms with Gasteiger partial charge in [-0.05, 0) is 31.9 Å². The molecule has 0 aliphatic heterocycles. The van der Waals surface area contributed by atoms with E-state index >= 15 is 0 Å². The van der Waals surface area contributed by atoms with Crippen LogP contribution in [0.5, 0.6) is 0 Å². The summed E-state index contributed by atoms with van der Waals surface area (Å²) in [6.45, 7) is 7.07. The van der Waals surface area contributed by atoms with Crippen molar-refractivity contribution in [2.45, 2.75) is 39.8 Å². The third-order valence-electron chi connectivity index (χ3n) is 3.23. The fraction of sp³-hybridized carbons (Fsp3) is 0.429. The summed E-state index contributed by atoms with van der Waals surface area (Å²) >= 11 is 0. The number of rotatable bonds is 4. The predicted octanol–water partition coefficient (Wildman–Crippen LogP) is 2.16. The van der Waals surface area contributed by atoms with Gasteiger partial charge < -0.3 is 5.73 Å². The third-order valence-corrected chi connectivity index (χ3v) is 3.23. The molecule has 1 aromatic carbocycles. The number of hydrogen-bond acceptors (Lipinski definition) is 3. The lowest BCUT2D eigenvalue weighted by molar-refractivity contribution is 0.580. The average molecular weight is 244 g/mol. The molecule has 96 valence electrons. The molecule has 4 heteroatoms. The molecule has 1 atom stereocenters. The summed E-state index contributed by atoms with van der Waals surface area (Å²) in [5.41, 5.74) is 9.96. The Balaban J connectivity index is 2.21. The van der Waals surface area contributed by atoms with Crippen molar-refractivity contribution in [1.29, 1.82) is 0 Å². The van der Waals surface area contributed by atoms with Crippen molar-refractivity contribution in [3.63, 3.8) is 0 Å². The fourth-order valence-corrected chi connectivity index (χ4v) is 2.18. The highest BCUT2D eigenvalue weighted by Gasteiger charge is 2.13. The van der Waals surface area contributed by atoms with Crippen LogP contribution in [0, 0.1) is 13.8 Å². The Hall–Kier alpha value is -1.68. The molecule has 0 amide bonds. The molecule has 1 unspecified atom stereocenters. The number of nitrogens with zero attached hydrogens (tertiary/aromatic N) is 3. The minimum absolute atomic E-state index is 0.0283. The van der Waals surface area contributed by atoms with Gasteiger partial charge in [-0.2, -0.15) is 5.10 Å². The van der Waals surface area contributed by atoms with Crippen molar-refractivity contribution >= 4 is 0 Å². The summed E-state index contributed by atoms with van der Waals surface area (Å²) in [5.74, 6) is 0.950. The molecular formula is C14H20N4. The monoisotopic (exact) mass is 244 g/mol. The lowest BCUT2D eigenvalue weighted by Crippen LogP contribution is -2.18. The van der Waals surface area contributed by atoms with Crippen molar-refractivity contribution in [3.8, 4) is 0 Å². The van der Waals surface area contributed by atoms with Crippen molar-refractivity contribution in [2.24, 2.45) is 5.73 Å². The van der Waals surface area contributed by atoms with Crippen LogP contribution in [0.25, 0.3) is 0 Å². The van der Waals surface area contributed by atoms with Gasteiger partial charge in [0.05, 0.1) is 0 Å². The Bertz CT molecular complexity index is 530. The summed E-state index contributed by atoms with van der Waals surface area (Å²) in [6.07, 6.45) is 2.31. The maximum Gasteiger partial charge on any atom is 0.138 e. The molecule has 0 bridgehead atoms. The number of aromatic nitrogens is 3. The largest absolute Gasteiger partial charge is 0.324 e. The molecule has 2 rings (SSSR count). The van der Waals surface area contributed by atoms with E-state index in [0.717, 1.165) is 18.8 Å². The van der Waals surface area contributed by atoms with Crippen LogP contribution in [0.15, 0.2) is 24.5 Å². The Morgan fingerprint density at radius 3 is 2.83 bits per heavy atom. The molecule has 2 N–H and O–H groups in total. The second-order valence-corrected chi connectivity index (χ2v) is 4.66. The van der Waals surface area contributed by atoms with Crippen LogP contribution in [-0.4, -0.2) is 14.8 Å². The van der Waals surface area contributed by atoms with E-state index in [0.29, 0.717) is 0 Å². The lowest BCUT2D eigenvalue weighted by Gasteiger charge is -2.15. The number of nitrogens with two attached hydrogens (primary N) is 1. The Morgan fingerprint density at radius 1 is 1.33 bits per heavy atom. The highest BCUT2D eigenvalue weighted by Crippen LogP contribution is 2.20. The summed E-state index contributed by atoms with van der Waals surface area (Å²) in [5, 5.41) is 4.17. The molecule has 18 heavy (non-hydrogen) atoms. The summed E-state index contributed by atoms with van der Waals surface area (Å²) in [4.78, 5) is 4.28. The topological polar surface area (TPSA) is 56.7 Å². The Morgan fingerprint density at radius 2 is 2.11 bits per heavy atom. The van der Waals surface area contributed by atoms with Crippen molar-refractivity contribution in [3.05, 3.63) is 47.0 Å². The van der Waals surface area contributed by atoms with Gasteiger partial charge in [-0.25, -0.2) is 4.98 Å². The highest BCUT2D eigenvalue weighted by atomic mass is 15.3. The van der Waals surface area contributed by atoms with Gasteiger partial charge in [0.1, 0.15) is 12.2 Å². The van der Waals surface area contributed by atoms with Gasteiger partial charge in [-0.3, -0.25) is 4.68 Å². The molecule has 0 saturated carbocycles. The first-order chi connectivity index (χ1) is 8.61. The van der Waals surface area contributed by atoms with Gasteiger partial charge in [-0.1, -0.05) is 23.8 Å². The molecule has 2 aromatic rings. The van der Waals surface area contributed by atoms with Crippen LogP contribution in [0.3, 0.4) is 0 Å². The second-order valence-electron chi connectivity index (χ2n) is 4.66. The number of aryl methyl sites for hydroxylation is 3. The van der Waals surface area contributed by atoms with Gasteiger partial charge in [0.25, 0.3) is 0 Å². The Kier molecular flexibility index (Phi) is 3.77. The zero-order chi connectivity index (χ0) is 13.1. The minimum atomic E-state index is -0.0283. The lowest BCUT2D eigenvalue weighted by atomic mass is 9.97. The van der Waals surface area contributed by atoms with Gasteiger partial charge >= 0.3 is 0 Å². The number of hydrogen-bond donors (Lipinski definition) is 1. The second kappa shape index (κ2) is 5.31. The van der Waals surface area contributed by atoms with Gasteiger partial charge in [0, 0.05) is 19.0 Å². The van der Waals surface area contributed by atoms with Gasteiger partial charge in [0.15, 0.2) is 0 Å². The first-order valence-electron chi connectivity index (χ1n) is 6.31. The van der Waals surface area contributed by atoms with E-state index < -0.39 is 0 Å². The van der Waals surface area contributed by atoms with E-state index in [1.54, 1.807) is 6.33 Å². The molecule has 0 fully saturated rings. The van der Waals surface area contributed by atoms with Crippen LogP contribution >= 0.6 is 0 Å². The molecule has 1 heterocycles. The Labute approximate surface area is 108 Å². The molecule has 0 aliphatic rings. The normalized spacial score (nSPS) is 12.7. The molecule has 0 aliphatic carbocycles. The van der Waals surface area contributed by atoms with E-state index in [1.165, 1.54) is 16.7 Å². The van der Waals surface area contributed by atoms with E-state index in [2.05, 4.69) is 49.1 Å². The maximum atomic E-state index is 6.30. The van der Waals surface area contributed by atoms with Gasteiger partial charge in [-0.15, -0.1) is 0 Å².